The third-order valence-electron chi connectivity index (χ3n) is 2.35. The van der Waals surface area contributed by atoms with E-state index in [1.807, 2.05) is 0 Å². The molecule has 0 heterocycles. The molecule has 0 aromatic rings. The molecule has 0 aliphatic carbocycles. The van der Waals surface area contributed by atoms with Crippen LogP contribution in [0.2, 0.25) is 0 Å². The van der Waals surface area contributed by atoms with Crippen molar-refractivity contribution in [1.29, 1.82) is 0 Å². The minimum Gasteiger partial charge on any atom is -0.481 e. The average Bonchev–Trinajstić information content (AvgIpc) is 2.10. The molecule has 82 valence electrons. The maximum Gasteiger partial charge on any atom is 0.306 e. The highest BCUT2D eigenvalue weighted by Crippen LogP contribution is 2.16. The van der Waals surface area contributed by atoms with E-state index in [4.69, 9.17) is 5.11 Å². The monoisotopic (exact) mass is 200 g/mol. The summed E-state index contributed by atoms with van der Waals surface area (Å²) in [4.78, 5) is 21.5. The molecule has 0 amide bonds. The van der Waals surface area contributed by atoms with Crippen LogP contribution in [0.1, 0.15) is 52.4 Å². The lowest BCUT2D eigenvalue weighted by molar-refractivity contribution is -0.142. The van der Waals surface area contributed by atoms with E-state index in [-0.39, 0.29) is 11.7 Å². The molecular formula is C11H20O3. The summed E-state index contributed by atoms with van der Waals surface area (Å²) in [5.41, 5.74) is 0. The minimum atomic E-state index is -0.762. The highest BCUT2D eigenvalue weighted by molar-refractivity contribution is 5.76. The Morgan fingerprint density at radius 1 is 1.21 bits per heavy atom. The number of carboxylic acids is 1. The van der Waals surface area contributed by atoms with Crippen LogP contribution >= 0.6 is 0 Å². The van der Waals surface area contributed by atoms with Crippen molar-refractivity contribution in [3.8, 4) is 0 Å². The summed E-state index contributed by atoms with van der Waals surface area (Å²) in [6.45, 7) is 3.59. The lowest BCUT2D eigenvalue weighted by Gasteiger charge is -2.10. The molecule has 14 heavy (non-hydrogen) atoms. The molecular weight excluding hydrogens is 180 g/mol. The quantitative estimate of drug-likeness (QED) is 0.613. The Balaban J connectivity index is 3.78. The van der Waals surface area contributed by atoms with Crippen LogP contribution in [-0.4, -0.2) is 16.9 Å². The lowest BCUT2D eigenvalue weighted by Crippen LogP contribution is -2.14. The molecule has 0 aromatic carbocycles. The molecule has 0 unspecified atom stereocenters. The van der Waals surface area contributed by atoms with Crippen LogP contribution in [0.25, 0.3) is 0 Å². The number of carbonyl (C=O) groups is 2. The third kappa shape index (κ3) is 6.63. The van der Waals surface area contributed by atoms with Gasteiger partial charge in [0.25, 0.3) is 0 Å². The van der Waals surface area contributed by atoms with Gasteiger partial charge in [-0.2, -0.15) is 0 Å². The van der Waals surface area contributed by atoms with E-state index in [0.29, 0.717) is 19.3 Å². The number of aliphatic carboxylic acids is 1. The van der Waals surface area contributed by atoms with Gasteiger partial charge in [0, 0.05) is 6.42 Å². The second-order valence-corrected chi connectivity index (χ2v) is 3.77. The second kappa shape index (κ2) is 7.54. The van der Waals surface area contributed by atoms with Gasteiger partial charge in [-0.25, -0.2) is 0 Å². The molecule has 0 aliphatic heterocycles. The Morgan fingerprint density at radius 3 is 2.29 bits per heavy atom. The Labute approximate surface area is 85.5 Å². The predicted octanol–water partition coefficient (Wildman–Crippen LogP) is 2.64. The van der Waals surface area contributed by atoms with Gasteiger partial charge in [-0.05, 0) is 19.8 Å². The molecule has 3 nitrogen and oxygen atoms in total. The Kier molecular flexibility index (Phi) is 7.07. The van der Waals surface area contributed by atoms with Crippen LogP contribution in [0, 0.1) is 5.92 Å². The smallest absolute Gasteiger partial charge is 0.306 e. The minimum absolute atomic E-state index is 0.0757. The first-order chi connectivity index (χ1) is 6.57. The zero-order valence-corrected chi connectivity index (χ0v) is 9.08. The fourth-order valence-corrected chi connectivity index (χ4v) is 1.41. The van der Waals surface area contributed by atoms with Gasteiger partial charge >= 0.3 is 5.97 Å². The number of carbonyl (C=O) groups excluding carboxylic acids is 1. The Morgan fingerprint density at radius 2 is 1.86 bits per heavy atom. The zero-order chi connectivity index (χ0) is 11.0. The van der Waals surface area contributed by atoms with Gasteiger partial charge in [-0.1, -0.05) is 26.2 Å². The van der Waals surface area contributed by atoms with Crippen molar-refractivity contribution in [2.45, 2.75) is 52.4 Å². The van der Waals surface area contributed by atoms with E-state index in [1.165, 1.54) is 6.92 Å². The Hall–Kier alpha value is -0.860. The van der Waals surface area contributed by atoms with Crippen molar-refractivity contribution in [2.24, 2.45) is 5.92 Å². The number of unbranched alkanes of at least 4 members (excludes halogenated alkanes) is 2. The summed E-state index contributed by atoms with van der Waals surface area (Å²) in [6, 6.07) is 0. The highest BCUT2D eigenvalue weighted by atomic mass is 16.4. The largest absolute Gasteiger partial charge is 0.481 e. The van der Waals surface area contributed by atoms with Gasteiger partial charge in [0.1, 0.15) is 5.78 Å². The standard InChI is InChI=1S/C11H20O3/c1-3-4-5-6-10(11(13)14)8-7-9(2)12/h10H,3-8H2,1-2H3,(H,13,14)/t10-/m0/s1. The Bertz CT molecular complexity index is 187. The summed E-state index contributed by atoms with van der Waals surface area (Å²) in [5, 5.41) is 8.87. The molecule has 0 rings (SSSR count). The van der Waals surface area contributed by atoms with E-state index >= 15 is 0 Å². The molecule has 0 bridgehead atoms. The van der Waals surface area contributed by atoms with E-state index in [1.54, 1.807) is 0 Å². The van der Waals surface area contributed by atoms with Crippen molar-refractivity contribution < 1.29 is 14.7 Å². The summed E-state index contributed by atoms with van der Waals surface area (Å²) in [5.74, 6) is -1.01. The van der Waals surface area contributed by atoms with Gasteiger partial charge in [0.15, 0.2) is 0 Å². The number of Topliss-reactive ketones (excluding diaryl/α,β-unsaturated/α-hetero) is 1. The number of rotatable bonds is 8. The summed E-state index contributed by atoms with van der Waals surface area (Å²) in [7, 11) is 0. The molecule has 3 heteroatoms. The van der Waals surface area contributed by atoms with E-state index < -0.39 is 5.97 Å². The van der Waals surface area contributed by atoms with Crippen molar-refractivity contribution >= 4 is 11.8 Å². The number of hydrogen-bond donors (Lipinski definition) is 1. The number of carboxylic acid groups (broad SMARTS) is 1. The number of hydrogen-bond acceptors (Lipinski definition) is 2. The molecule has 0 aromatic heterocycles. The van der Waals surface area contributed by atoms with Gasteiger partial charge in [0.05, 0.1) is 5.92 Å². The predicted molar refractivity (Wildman–Crippen MR) is 55.2 cm³/mol. The van der Waals surface area contributed by atoms with E-state index in [9.17, 15) is 9.59 Å². The lowest BCUT2D eigenvalue weighted by atomic mass is 9.95. The molecule has 0 radical (unpaired) electrons. The fraction of sp³-hybridized carbons (Fsp3) is 0.818. The molecule has 0 aliphatic rings. The van der Waals surface area contributed by atoms with Crippen LogP contribution < -0.4 is 0 Å². The van der Waals surface area contributed by atoms with Gasteiger partial charge in [0.2, 0.25) is 0 Å². The first-order valence-corrected chi connectivity index (χ1v) is 5.30. The maximum absolute atomic E-state index is 10.8. The van der Waals surface area contributed by atoms with Crippen molar-refractivity contribution in [2.75, 3.05) is 0 Å². The first kappa shape index (κ1) is 13.1. The maximum atomic E-state index is 10.8. The number of ketones is 1. The van der Waals surface area contributed by atoms with E-state index in [0.717, 1.165) is 19.3 Å². The molecule has 1 atom stereocenters. The molecule has 0 fully saturated rings. The molecule has 1 N–H and O–H groups in total. The normalized spacial score (nSPS) is 12.4. The van der Waals surface area contributed by atoms with Gasteiger partial charge in [-0.15, -0.1) is 0 Å². The first-order valence-electron chi connectivity index (χ1n) is 5.30. The molecule has 0 saturated heterocycles. The molecule has 0 saturated carbocycles. The SMILES string of the molecule is CCCCC[C@@H](CCC(C)=O)C(=O)O. The van der Waals surface area contributed by atoms with Crippen molar-refractivity contribution in [1.82, 2.24) is 0 Å². The summed E-state index contributed by atoms with van der Waals surface area (Å²) >= 11 is 0. The highest BCUT2D eigenvalue weighted by Gasteiger charge is 2.16. The summed E-state index contributed by atoms with van der Waals surface area (Å²) in [6.07, 6.45) is 4.71. The van der Waals surface area contributed by atoms with Crippen LogP contribution in [0.15, 0.2) is 0 Å². The second-order valence-electron chi connectivity index (χ2n) is 3.77. The van der Waals surface area contributed by atoms with Crippen molar-refractivity contribution in [3.05, 3.63) is 0 Å². The fourth-order valence-electron chi connectivity index (χ4n) is 1.41. The van der Waals surface area contributed by atoms with Gasteiger partial charge < -0.3 is 9.90 Å². The van der Waals surface area contributed by atoms with Crippen molar-refractivity contribution in [3.63, 3.8) is 0 Å². The van der Waals surface area contributed by atoms with Crippen LogP contribution in [0.3, 0.4) is 0 Å². The zero-order valence-electron chi connectivity index (χ0n) is 9.08. The summed E-state index contributed by atoms with van der Waals surface area (Å²) < 4.78 is 0. The third-order valence-corrected chi connectivity index (χ3v) is 2.35. The van der Waals surface area contributed by atoms with E-state index in [2.05, 4.69) is 6.92 Å². The molecule has 0 spiro atoms. The average molecular weight is 200 g/mol. The van der Waals surface area contributed by atoms with Gasteiger partial charge in [-0.3, -0.25) is 4.79 Å². The van der Waals surface area contributed by atoms with Crippen LogP contribution in [-0.2, 0) is 9.59 Å². The van der Waals surface area contributed by atoms with Crippen LogP contribution in [0.4, 0.5) is 0 Å². The van der Waals surface area contributed by atoms with Crippen LogP contribution in [0.5, 0.6) is 0 Å². The topological polar surface area (TPSA) is 54.4 Å².